The quantitative estimate of drug-likeness (QED) is 0.843. The van der Waals surface area contributed by atoms with Crippen molar-refractivity contribution in [1.29, 1.82) is 0 Å². The molecule has 0 radical (unpaired) electrons. The standard InChI is InChI=1S/C15H21ClN2O3S/c1-12(15(19)17-9-4-3-5-10-17)18(22(2,20)21)14-8-6-7-13(16)11-14/h6-8,11-12H,3-5,9-10H2,1-2H3/t12-/m0/s1. The summed E-state index contributed by atoms with van der Waals surface area (Å²) >= 11 is 5.96. The lowest BCUT2D eigenvalue weighted by Gasteiger charge is -2.34. The average Bonchev–Trinajstić information content (AvgIpc) is 2.46. The molecule has 1 atom stereocenters. The predicted molar refractivity (Wildman–Crippen MR) is 88.7 cm³/mol. The first-order valence-electron chi connectivity index (χ1n) is 7.34. The van der Waals surface area contributed by atoms with E-state index in [1.165, 1.54) is 0 Å². The minimum Gasteiger partial charge on any atom is -0.341 e. The third kappa shape index (κ3) is 3.93. The molecule has 122 valence electrons. The van der Waals surface area contributed by atoms with Crippen molar-refractivity contribution in [3.63, 3.8) is 0 Å². The second-order valence-corrected chi connectivity index (χ2v) is 7.90. The Kier molecular flexibility index (Phi) is 5.34. The molecular weight excluding hydrogens is 324 g/mol. The van der Waals surface area contributed by atoms with E-state index in [1.54, 1.807) is 36.1 Å². The Morgan fingerprint density at radius 2 is 1.91 bits per heavy atom. The fraction of sp³-hybridized carbons (Fsp3) is 0.533. The molecule has 1 fully saturated rings. The van der Waals surface area contributed by atoms with Crippen LogP contribution in [0.4, 0.5) is 5.69 Å². The smallest absolute Gasteiger partial charge is 0.246 e. The van der Waals surface area contributed by atoms with E-state index in [0.717, 1.165) is 29.8 Å². The van der Waals surface area contributed by atoms with Gasteiger partial charge < -0.3 is 4.90 Å². The van der Waals surface area contributed by atoms with Gasteiger partial charge in [-0.2, -0.15) is 0 Å². The Labute approximate surface area is 136 Å². The van der Waals surface area contributed by atoms with E-state index in [-0.39, 0.29) is 5.91 Å². The number of hydrogen-bond donors (Lipinski definition) is 0. The lowest BCUT2D eigenvalue weighted by atomic mass is 10.1. The van der Waals surface area contributed by atoms with E-state index in [0.29, 0.717) is 23.8 Å². The van der Waals surface area contributed by atoms with Crippen LogP contribution in [0.15, 0.2) is 24.3 Å². The maximum absolute atomic E-state index is 12.6. The van der Waals surface area contributed by atoms with Crippen LogP contribution in [0.25, 0.3) is 0 Å². The highest BCUT2D eigenvalue weighted by atomic mass is 35.5. The van der Waals surface area contributed by atoms with Crippen LogP contribution in [0.2, 0.25) is 5.02 Å². The van der Waals surface area contributed by atoms with Crippen molar-refractivity contribution in [3.05, 3.63) is 29.3 Å². The summed E-state index contributed by atoms with van der Waals surface area (Å²) in [5.41, 5.74) is 0.410. The first-order chi connectivity index (χ1) is 10.3. The summed E-state index contributed by atoms with van der Waals surface area (Å²) in [5, 5.41) is 0.434. The second kappa shape index (κ2) is 6.87. The summed E-state index contributed by atoms with van der Waals surface area (Å²) in [6.07, 6.45) is 4.15. The van der Waals surface area contributed by atoms with Crippen LogP contribution in [0, 0.1) is 0 Å². The normalized spacial score (nSPS) is 17.1. The van der Waals surface area contributed by atoms with Crippen molar-refractivity contribution in [3.8, 4) is 0 Å². The van der Waals surface area contributed by atoms with Gasteiger partial charge in [0.1, 0.15) is 6.04 Å². The molecule has 1 aliphatic rings. The number of anilines is 1. The number of halogens is 1. The van der Waals surface area contributed by atoms with Gasteiger partial charge in [-0.1, -0.05) is 17.7 Å². The summed E-state index contributed by atoms with van der Waals surface area (Å²) in [6.45, 7) is 3.01. The first kappa shape index (κ1) is 17.1. The van der Waals surface area contributed by atoms with Gasteiger partial charge in [0.25, 0.3) is 0 Å². The number of nitrogens with zero attached hydrogens (tertiary/aromatic N) is 2. The minimum atomic E-state index is -3.59. The summed E-state index contributed by atoms with van der Waals surface area (Å²) in [6, 6.07) is 5.76. The topological polar surface area (TPSA) is 57.7 Å². The van der Waals surface area contributed by atoms with Crippen LogP contribution >= 0.6 is 11.6 Å². The Morgan fingerprint density at radius 3 is 2.45 bits per heavy atom. The van der Waals surface area contributed by atoms with Gasteiger partial charge in [-0.3, -0.25) is 9.10 Å². The van der Waals surface area contributed by atoms with Gasteiger partial charge in [0.05, 0.1) is 11.9 Å². The lowest BCUT2D eigenvalue weighted by molar-refractivity contribution is -0.132. The van der Waals surface area contributed by atoms with Crippen molar-refractivity contribution < 1.29 is 13.2 Å². The lowest BCUT2D eigenvalue weighted by Crippen LogP contribution is -2.50. The first-order valence-corrected chi connectivity index (χ1v) is 9.57. The van der Waals surface area contributed by atoms with Gasteiger partial charge in [-0.15, -0.1) is 0 Å². The second-order valence-electron chi connectivity index (χ2n) is 5.60. The molecule has 0 spiro atoms. The number of carbonyl (C=O) groups is 1. The molecule has 1 aromatic rings. The van der Waals surface area contributed by atoms with Crippen molar-refractivity contribution >= 4 is 33.2 Å². The average molecular weight is 345 g/mol. The molecule has 5 nitrogen and oxygen atoms in total. The predicted octanol–water partition coefficient (Wildman–Crippen LogP) is 2.51. The molecule has 7 heteroatoms. The molecule has 1 amide bonds. The highest BCUT2D eigenvalue weighted by Gasteiger charge is 2.32. The molecule has 0 N–H and O–H groups in total. The van der Waals surface area contributed by atoms with Crippen LogP contribution in [0.1, 0.15) is 26.2 Å². The number of carbonyl (C=O) groups excluding carboxylic acids is 1. The molecule has 0 saturated carbocycles. The number of hydrogen-bond acceptors (Lipinski definition) is 3. The van der Waals surface area contributed by atoms with E-state index < -0.39 is 16.1 Å². The summed E-state index contributed by atoms with van der Waals surface area (Å²) in [7, 11) is -3.59. The fourth-order valence-corrected chi connectivity index (χ4v) is 4.14. The number of piperidine rings is 1. The highest BCUT2D eigenvalue weighted by Crippen LogP contribution is 2.25. The van der Waals surface area contributed by atoms with Gasteiger partial charge in [-0.05, 0) is 44.4 Å². The number of rotatable bonds is 4. The summed E-state index contributed by atoms with van der Waals surface area (Å²) in [4.78, 5) is 14.4. The van der Waals surface area contributed by atoms with E-state index >= 15 is 0 Å². The van der Waals surface area contributed by atoms with Crippen molar-refractivity contribution in [2.24, 2.45) is 0 Å². The van der Waals surface area contributed by atoms with Crippen molar-refractivity contribution in [2.75, 3.05) is 23.7 Å². The Morgan fingerprint density at radius 1 is 1.27 bits per heavy atom. The van der Waals surface area contributed by atoms with E-state index in [9.17, 15) is 13.2 Å². The van der Waals surface area contributed by atoms with Crippen LogP contribution < -0.4 is 4.31 Å². The van der Waals surface area contributed by atoms with Gasteiger partial charge in [-0.25, -0.2) is 8.42 Å². The monoisotopic (exact) mass is 344 g/mol. The van der Waals surface area contributed by atoms with Crippen LogP contribution in [-0.2, 0) is 14.8 Å². The Hall–Kier alpha value is -1.27. The number of benzene rings is 1. The summed E-state index contributed by atoms with van der Waals surface area (Å²) < 4.78 is 25.5. The zero-order chi connectivity index (χ0) is 16.3. The largest absolute Gasteiger partial charge is 0.341 e. The number of amides is 1. The minimum absolute atomic E-state index is 0.162. The van der Waals surface area contributed by atoms with Gasteiger partial charge >= 0.3 is 0 Å². The fourth-order valence-electron chi connectivity index (χ4n) is 2.79. The summed E-state index contributed by atoms with van der Waals surface area (Å²) in [5.74, 6) is -0.162. The van der Waals surface area contributed by atoms with E-state index in [4.69, 9.17) is 11.6 Å². The van der Waals surface area contributed by atoms with E-state index in [2.05, 4.69) is 0 Å². The van der Waals surface area contributed by atoms with Gasteiger partial charge in [0, 0.05) is 18.1 Å². The van der Waals surface area contributed by atoms with Gasteiger partial charge in [0.2, 0.25) is 15.9 Å². The molecular formula is C15H21ClN2O3S. The molecule has 0 aromatic heterocycles. The van der Waals surface area contributed by atoms with Crippen LogP contribution in [0.5, 0.6) is 0 Å². The zero-order valence-corrected chi connectivity index (χ0v) is 14.4. The molecule has 1 heterocycles. The zero-order valence-electron chi connectivity index (χ0n) is 12.8. The SMILES string of the molecule is C[C@@H](C(=O)N1CCCCC1)N(c1cccc(Cl)c1)S(C)(=O)=O. The molecule has 0 bridgehead atoms. The third-order valence-corrected chi connectivity index (χ3v) is 5.27. The maximum Gasteiger partial charge on any atom is 0.246 e. The maximum atomic E-state index is 12.6. The molecule has 1 aliphatic heterocycles. The molecule has 0 unspecified atom stereocenters. The Bertz CT molecular complexity index is 642. The third-order valence-electron chi connectivity index (χ3n) is 3.80. The molecule has 22 heavy (non-hydrogen) atoms. The van der Waals surface area contributed by atoms with Gasteiger partial charge in [0.15, 0.2) is 0 Å². The van der Waals surface area contributed by atoms with Crippen LogP contribution in [-0.4, -0.2) is 44.6 Å². The Balaban J connectivity index is 2.31. The highest BCUT2D eigenvalue weighted by molar-refractivity contribution is 7.92. The van der Waals surface area contributed by atoms with Crippen LogP contribution in [0.3, 0.4) is 0 Å². The molecule has 0 aliphatic carbocycles. The molecule has 2 rings (SSSR count). The number of sulfonamides is 1. The van der Waals surface area contributed by atoms with Crippen molar-refractivity contribution in [2.45, 2.75) is 32.2 Å². The molecule has 1 saturated heterocycles. The van der Waals surface area contributed by atoms with E-state index in [1.807, 2.05) is 0 Å². The molecule has 1 aromatic carbocycles. The van der Waals surface area contributed by atoms with Crippen molar-refractivity contribution in [1.82, 2.24) is 4.90 Å². The number of likely N-dealkylation sites (tertiary alicyclic amines) is 1.